The maximum atomic E-state index is 13.2. The van der Waals surface area contributed by atoms with Gasteiger partial charge in [0.05, 0.1) is 11.7 Å². The summed E-state index contributed by atoms with van der Waals surface area (Å²) in [7, 11) is 0. The maximum absolute atomic E-state index is 13.2. The highest BCUT2D eigenvalue weighted by Crippen LogP contribution is 2.30. The lowest BCUT2D eigenvalue weighted by Gasteiger charge is -2.34. The van der Waals surface area contributed by atoms with Gasteiger partial charge in [0, 0.05) is 29.7 Å². The Bertz CT molecular complexity index is 924. The molecule has 30 heavy (non-hydrogen) atoms. The molecule has 1 aromatic carbocycles. The van der Waals surface area contributed by atoms with E-state index in [0.717, 1.165) is 49.9 Å². The molecule has 160 valence electrons. The van der Waals surface area contributed by atoms with Crippen molar-refractivity contribution < 1.29 is 9.59 Å². The number of halogens is 1. The number of nitrogens with zero attached hydrogens (tertiary/aromatic N) is 4. The van der Waals surface area contributed by atoms with Gasteiger partial charge in [0.25, 0.3) is 5.91 Å². The van der Waals surface area contributed by atoms with Crippen LogP contribution in [-0.4, -0.2) is 57.1 Å². The van der Waals surface area contributed by atoms with E-state index in [9.17, 15) is 9.59 Å². The number of hydrogen-bond donors (Lipinski definition) is 0. The van der Waals surface area contributed by atoms with Gasteiger partial charge in [-0.25, -0.2) is 0 Å². The van der Waals surface area contributed by atoms with Crippen molar-refractivity contribution in [2.45, 2.75) is 58.0 Å². The molecule has 4 rings (SSSR count). The van der Waals surface area contributed by atoms with Crippen LogP contribution in [0, 0.1) is 0 Å². The molecule has 1 fully saturated rings. The van der Waals surface area contributed by atoms with Crippen molar-refractivity contribution >= 4 is 23.4 Å². The van der Waals surface area contributed by atoms with Crippen LogP contribution in [-0.2, 0) is 4.79 Å². The van der Waals surface area contributed by atoms with Gasteiger partial charge in [0.15, 0.2) is 0 Å². The second-order valence-electron chi connectivity index (χ2n) is 8.43. The second-order valence-corrected chi connectivity index (χ2v) is 8.86. The van der Waals surface area contributed by atoms with Gasteiger partial charge in [0.1, 0.15) is 12.2 Å². The number of hydrogen-bond acceptors (Lipinski definition) is 3. The van der Waals surface area contributed by atoms with Gasteiger partial charge in [-0.1, -0.05) is 43.5 Å². The van der Waals surface area contributed by atoms with E-state index in [0.29, 0.717) is 17.3 Å². The minimum Gasteiger partial charge on any atom is -0.338 e. The average molecular weight is 429 g/mol. The van der Waals surface area contributed by atoms with E-state index < -0.39 is 0 Å². The van der Waals surface area contributed by atoms with Crippen molar-refractivity contribution in [2.75, 3.05) is 19.6 Å². The zero-order valence-electron chi connectivity index (χ0n) is 17.7. The molecular weight excluding hydrogens is 400 g/mol. The fourth-order valence-corrected chi connectivity index (χ4v) is 4.64. The smallest absolute Gasteiger partial charge is 0.272 e. The summed E-state index contributed by atoms with van der Waals surface area (Å²) in [5.41, 5.74) is 2.25. The lowest BCUT2D eigenvalue weighted by atomic mass is 10.1. The van der Waals surface area contributed by atoms with Crippen LogP contribution in [0.25, 0.3) is 11.3 Å². The van der Waals surface area contributed by atoms with E-state index >= 15 is 0 Å². The Hall–Kier alpha value is -2.34. The van der Waals surface area contributed by atoms with Gasteiger partial charge < -0.3 is 9.80 Å². The molecule has 2 aromatic rings. The van der Waals surface area contributed by atoms with Crippen LogP contribution in [0.4, 0.5) is 0 Å². The molecule has 1 saturated heterocycles. The molecule has 0 N–H and O–H groups in total. The van der Waals surface area contributed by atoms with E-state index in [1.54, 1.807) is 4.90 Å². The van der Waals surface area contributed by atoms with Crippen LogP contribution < -0.4 is 0 Å². The van der Waals surface area contributed by atoms with E-state index in [1.807, 2.05) is 39.9 Å². The van der Waals surface area contributed by atoms with Crippen LogP contribution in [0.3, 0.4) is 0 Å². The minimum absolute atomic E-state index is 0.0495. The molecule has 2 aliphatic rings. The number of fused-ring (bicyclic) bond motifs is 1. The number of amides is 2. The van der Waals surface area contributed by atoms with Crippen LogP contribution in [0.15, 0.2) is 30.3 Å². The van der Waals surface area contributed by atoms with Crippen LogP contribution >= 0.6 is 11.6 Å². The first-order valence-corrected chi connectivity index (χ1v) is 11.3. The summed E-state index contributed by atoms with van der Waals surface area (Å²) in [6, 6.07) is 9.68. The van der Waals surface area contributed by atoms with Gasteiger partial charge >= 0.3 is 0 Å². The zero-order chi connectivity index (χ0) is 21.3. The first-order chi connectivity index (χ1) is 14.5. The van der Waals surface area contributed by atoms with E-state index in [4.69, 9.17) is 16.7 Å². The summed E-state index contributed by atoms with van der Waals surface area (Å²) in [5, 5.41) is 5.44. The van der Waals surface area contributed by atoms with Gasteiger partial charge in [-0.2, -0.15) is 5.10 Å². The molecule has 0 saturated carbocycles. The largest absolute Gasteiger partial charge is 0.338 e. The average Bonchev–Trinajstić information content (AvgIpc) is 3.36. The first-order valence-electron chi connectivity index (χ1n) is 10.9. The van der Waals surface area contributed by atoms with E-state index in [2.05, 4.69) is 13.8 Å². The molecule has 0 spiro atoms. The lowest BCUT2D eigenvalue weighted by molar-refractivity contribution is -0.132. The highest BCUT2D eigenvalue weighted by Gasteiger charge is 2.35. The Morgan fingerprint density at radius 2 is 2.03 bits per heavy atom. The van der Waals surface area contributed by atoms with E-state index in [-0.39, 0.29) is 30.4 Å². The molecule has 3 heterocycles. The van der Waals surface area contributed by atoms with Gasteiger partial charge in [0.2, 0.25) is 5.91 Å². The summed E-state index contributed by atoms with van der Waals surface area (Å²) in [6.07, 6.45) is 5.14. The molecule has 1 unspecified atom stereocenters. The number of unbranched alkanes of at least 4 members (excludes halogenated alkanes) is 1. The molecule has 2 amide bonds. The quantitative estimate of drug-likeness (QED) is 0.685. The predicted octanol–water partition coefficient (Wildman–Crippen LogP) is 4.40. The molecule has 6 nitrogen and oxygen atoms in total. The van der Waals surface area contributed by atoms with Crippen molar-refractivity contribution in [3.63, 3.8) is 0 Å². The van der Waals surface area contributed by atoms with E-state index in [1.165, 1.54) is 0 Å². The van der Waals surface area contributed by atoms with Gasteiger partial charge in [-0.15, -0.1) is 0 Å². The monoisotopic (exact) mass is 428 g/mol. The highest BCUT2D eigenvalue weighted by atomic mass is 35.5. The Morgan fingerprint density at radius 3 is 2.70 bits per heavy atom. The van der Waals surface area contributed by atoms with Crippen LogP contribution in [0.5, 0.6) is 0 Å². The number of likely N-dealkylation sites (tertiary alicyclic amines) is 1. The number of aromatic nitrogens is 2. The maximum Gasteiger partial charge on any atom is 0.272 e. The van der Waals surface area contributed by atoms with Crippen molar-refractivity contribution in [3.8, 4) is 11.3 Å². The number of benzene rings is 1. The number of carbonyl (C=O) groups excluding carboxylic acids is 2. The Morgan fingerprint density at radius 1 is 1.27 bits per heavy atom. The highest BCUT2D eigenvalue weighted by molar-refractivity contribution is 6.30. The summed E-state index contributed by atoms with van der Waals surface area (Å²) in [5.74, 6) is -0.0656. The third kappa shape index (κ3) is 4.10. The second kappa shape index (κ2) is 8.80. The van der Waals surface area contributed by atoms with Gasteiger partial charge in [-0.3, -0.25) is 14.3 Å². The van der Waals surface area contributed by atoms with Crippen molar-refractivity contribution in [1.29, 1.82) is 0 Å². The zero-order valence-corrected chi connectivity index (χ0v) is 18.4. The topological polar surface area (TPSA) is 58.4 Å². The summed E-state index contributed by atoms with van der Waals surface area (Å²) >= 11 is 6.01. The standard InChI is InChI=1S/C23H29ClN4O2/c1-3-4-7-19-14-26(15-22(29)27-12-5-6-16(27)2)23(30)21-13-20(25-28(19)21)17-8-10-18(24)11-9-17/h8-11,13,16,19H,3-7,12,14-15H2,1-2H3/t16-,19?/m0/s1. The summed E-state index contributed by atoms with van der Waals surface area (Å²) in [4.78, 5) is 29.7. The third-order valence-corrected chi connectivity index (χ3v) is 6.50. The molecule has 7 heteroatoms. The number of rotatable bonds is 6. The van der Waals surface area contributed by atoms with Crippen LogP contribution in [0.2, 0.25) is 5.02 Å². The van der Waals surface area contributed by atoms with Crippen LogP contribution in [0.1, 0.15) is 62.5 Å². The predicted molar refractivity (Wildman–Crippen MR) is 118 cm³/mol. The molecule has 1 aromatic heterocycles. The SMILES string of the molecule is CCCCC1CN(CC(=O)N2CCC[C@@H]2C)C(=O)c2cc(-c3ccc(Cl)cc3)nn21. The lowest BCUT2D eigenvalue weighted by Crippen LogP contribution is -2.49. The molecule has 2 aliphatic heterocycles. The van der Waals surface area contributed by atoms with Gasteiger partial charge in [-0.05, 0) is 44.4 Å². The van der Waals surface area contributed by atoms with Crippen molar-refractivity contribution in [3.05, 3.63) is 41.0 Å². The first kappa shape index (κ1) is 20.9. The summed E-state index contributed by atoms with van der Waals surface area (Å²) in [6.45, 7) is 5.71. The third-order valence-electron chi connectivity index (χ3n) is 6.25. The fourth-order valence-electron chi connectivity index (χ4n) is 4.52. The molecular formula is C23H29ClN4O2. The molecule has 0 bridgehead atoms. The summed E-state index contributed by atoms with van der Waals surface area (Å²) < 4.78 is 1.88. The minimum atomic E-state index is -0.115. The van der Waals surface area contributed by atoms with Crippen molar-refractivity contribution in [1.82, 2.24) is 19.6 Å². The Labute approximate surface area is 182 Å². The molecule has 0 radical (unpaired) electrons. The Balaban J connectivity index is 1.60. The molecule has 2 atom stereocenters. The number of carbonyl (C=O) groups is 2. The fraction of sp³-hybridized carbons (Fsp3) is 0.522. The molecule has 0 aliphatic carbocycles. The normalized spacial score (nSPS) is 21.2. The Kier molecular flexibility index (Phi) is 6.14. The van der Waals surface area contributed by atoms with Crippen molar-refractivity contribution in [2.24, 2.45) is 0 Å².